The zero-order valence-electron chi connectivity index (χ0n) is 10.8. The smallest absolute Gasteiger partial charge is 0.291 e. The zero-order valence-corrected chi connectivity index (χ0v) is 12.3. The van der Waals surface area contributed by atoms with Crippen LogP contribution in [0.4, 0.5) is 5.69 Å². The quantitative estimate of drug-likeness (QED) is 0.678. The number of aryl methyl sites for hydroxylation is 1. The number of phenols is 1. The fraction of sp³-hybridized carbons (Fsp3) is 0.154. The molecule has 0 unspecified atom stereocenters. The van der Waals surface area contributed by atoms with Crippen LogP contribution in [0.3, 0.4) is 0 Å². The first-order valence-electron chi connectivity index (χ1n) is 5.66. The van der Waals surface area contributed by atoms with Crippen LogP contribution in [-0.4, -0.2) is 15.0 Å². The van der Waals surface area contributed by atoms with Gasteiger partial charge in [-0.3, -0.25) is 10.1 Å². The van der Waals surface area contributed by atoms with Crippen molar-refractivity contribution in [3.05, 3.63) is 50.1 Å². The Morgan fingerprint density at radius 1 is 1.35 bits per heavy atom. The molecule has 1 N–H and O–H groups in total. The molecule has 0 radical (unpaired) electrons. The van der Waals surface area contributed by atoms with Crippen LogP contribution in [-0.2, 0) is 0 Å². The Morgan fingerprint density at radius 3 is 2.65 bits per heavy atom. The summed E-state index contributed by atoms with van der Waals surface area (Å²) in [6.07, 6.45) is 1.14. The van der Waals surface area contributed by atoms with E-state index in [9.17, 15) is 15.2 Å². The first kappa shape index (κ1) is 14.3. The number of hydrogen-bond acceptors (Lipinski definition) is 5. The number of hydrogen-bond donors (Lipinski definition) is 1. The van der Waals surface area contributed by atoms with Crippen LogP contribution in [0.2, 0.25) is 0 Å². The molecule has 7 heteroatoms. The van der Waals surface area contributed by atoms with Gasteiger partial charge in [0.15, 0.2) is 0 Å². The van der Waals surface area contributed by atoms with Crippen molar-refractivity contribution in [2.24, 2.45) is 0 Å². The Balaban J connectivity index is 2.39. The second-order valence-electron chi connectivity index (χ2n) is 4.25. The molecule has 104 valence electrons. The SMILES string of the molecule is Cc1cc(O)cc(Oc2ncc([N+](=O)[O-])c(C)c2Br)c1. The lowest BCUT2D eigenvalue weighted by molar-refractivity contribution is -0.385. The lowest BCUT2D eigenvalue weighted by Crippen LogP contribution is -1.97. The average Bonchev–Trinajstić information content (AvgIpc) is 2.33. The molecule has 2 rings (SSSR count). The van der Waals surface area contributed by atoms with Crippen LogP contribution in [0.5, 0.6) is 17.4 Å². The Morgan fingerprint density at radius 2 is 2.05 bits per heavy atom. The van der Waals surface area contributed by atoms with Crippen molar-refractivity contribution in [1.82, 2.24) is 4.98 Å². The van der Waals surface area contributed by atoms with Gasteiger partial charge in [0.2, 0.25) is 5.88 Å². The Labute approximate surface area is 123 Å². The summed E-state index contributed by atoms with van der Waals surface area (Å²) in [6, 6.07) is 4.76. The van der Waals surface area contributed by atoms with Crippen LogP contribution in [0, 0.1) is 24.0 Å². The second-order valence-corrected chi connectivity index (χ2v) is 5.04. The number of halogens is 1. The van der Waals surface area contributed by atoms with Gasteiger partial charge in [-0.2, -0.15) is 0 Å². The summed E-state index contributed by atoms with van der Waals surface area (Å²) < 4.78 is 5.96. The molecular formula is C13H11BrN2O4. The molecule has 0 aliphatic heterocycles. The van der Waals surface area contributed by atoms with E-state index in [-0.39, 0.29) is 17.3 Å². The first-order chi connectivity index (χ1) is 9.38. The monoisotopic (exact) mass is 338 g/mol. The molecule has 0 saturated carbocycles. The van der Waals surface area contributed by atoms with Crippen LogP contribution in [0.1, 0.15) is 11.1 Å². The standard InChI is InChI=1S/C13H11BrN2O4/c1-7-3-9(17)5-10(4-7)20-13-12(14)8(2)11(6-15-13)16(18)19/h3-6,17H,1-2H3. The van der Waals surface area contributed by atoms with Gasteiger partial charge in [0.25, 0.3) is 5.69 Å². The summed E-state index contributed by atoms with van der Waals surface area (Å²) in [6.45, 7) is 3.42. The topological polar surface area (TPSA) is 85.5 Å². The molecule has 0 spiro atoms. The molecule has 1 heterocycles. The minimum Gasteiger partial charge on any atom is -0.508 e. The number of nitro groups is 1. The van der Waals surface area contributed by atoms with E-state index in [1.165, 1.54) is 6.07 Å². The second kappa shape index (κ2) is 5.46. The van der Waals surface area contributed by atoms with Crippen LogP contribution < -0.4 is 4.74 Å². The number of nitrogens with zero attached hydrogens (tertiary/aromatic N) is 2. The summed E-state index contributed by atoms with van der Waals surface area (Å²) in [5.41, 5.74) is 1.17. The number of ether oxygens (including phenoxy) is 1. The molecule has 0 fully saturated rings. The molecule has 0 aliphatic rings. The van der Waals surface area contributed by atoms with Gasteiger partial charge in [0, 0.05) is 11.6 Å². The summed E-state index contributed by atoms with van der Waals surface area (Å²) in [5, 5.41) is 20.3. The van der Waals surface area contributed by atoms with E-state index in [0.717, 1.165) is 11.8 Å². The highest BCUT2D eigenvalue weighted by Crippen LogP contribution is 2.35. The molecule has 20 heavy (non-hydrogen) atoms. The maximum absolute atomic E-state index is 10.8. The molecule has 0 atom stereocenters. The van der Waals surface area contributed by atoms with Crippen molar-refractivity contribution in [1.29, 1.82) is 0 Å². The van der Waals surface area contributed by atoms with E-state index in [4.69, 9.17) is 4.74 Å². The summed E-state index contributed by atoms with van der Waals surface area (Å²) >= 11 is 3.24. The van der Waals surface area contributed by atoms with Crippen molar-refractivity contribution in [2.45, 2.75) is 13.8 Å². The first-order valence-corrected chi connectivity index (χ1v) is 6.46. The predicted molar refractivity (Wildman–Crippen MR) is 76.2 cm³/mol. The van der Waals surface area contributed by atoms with Gasteiger partial charge >= 0.3 is 0 Å². The largest absolute Gasteiger partial charge is 0.508 e. The molecule has 1 aromatic carbocycles. The van der Waals surface area contributed by atoms with E-state index in [1.54, 1.807) is 19.1 Å². The minimum absolute atomic E-state index is 0.0785. The molecule has 0 saturated heterocycles. The number of pyridine rings is 1. The lowest BCUT2D eigenvalue weighted by atomic mass is 10.2. The number of benzene rings is 1. The van der Waals surface area contributed by atoms with Gasteiger partial charge in [0.05, 0.1) is 9.40 Å². The maximum atomic E-state index is 10.8. The zero-order chi connectivity index (χ0) is 14.9. The summed E-state index contributed by atoms with van der Waals surface area (Å²) in [7, 11) is 0. The summed E-state index contributed by atoms with van der Waals surface area (Å²) in [4.78, 5) is 14.2. The molecule has 2 aromatic rings. The minimum atomic E-state index is -0.505. The van der Waals surface area contributed by atoms with Crippen molar-refractivity contribution in [3.8, 4) is 17.4 Å². The third-order valence-corrected chi connectivity index (χ3v) is 3.59. The van der Waals surface area contributed by atoms with E-state index in [2.05, 4.69) is 20.9 Å². The molecule has 0 amide bonds. The Hall–Kier alpha value is -2.15. The normalized spacial score (nSPS) is 10.3. The molecule has 0 aliphatic carbocycles. The van der Waals surface area contributed by atoms with Crippen LogP contribution in [0.15, 0.2) is 28.9 Å². The Kier molecular flexibility index (Phi) is 3.89. The Bertz CT molecular complexity index is 668. The van der Waals surface area contributed by atoms with Crippen molar-refractivity contribution >= 4 is 21.6 Å². The average molecular weight is 339 g/mol. The van der Waals surface area contributed by atoms with E-state index < -0.39 is 4.92 Å². The highest BCUT2D eigenvalue weighted by Gasteiger charge is 2.18. The van der Waals surface area contributed by atoms with Gasteiger partial charge in [-0.15, -0.1) is 0 Å². The van der Waals surface area contributed by atoms with Crippen LogP contribution >= 0.6 is 15.9 Å². The number of aromatic nitrogens is 1. The number of rotatable bonds is 3. The molecular weight excluding hydrogens is 328 g/mol. The van der Waals surface area contributed by atoms with Crippen molar-refractivity contribution < 1.29 is 14.8 Å². The fourth-order valence-electron chi connectivity index (χ4n) is 1.70. The van der Waals surface area contributed by atoms with Crippen molar-refractivity contribution in [3.63, 3.8) is 0 Å². The third kappa shape index (κ3) is 2.88. The highest BCUT2D eigenvalue weighted by atomic mass is 79.9. The highest BCUT2D eigenvalue weighted by molar-refractivity contribution is 9.10. The van der Waals surface area contributed by atoms with E-state index in [0.29, 0.717) is 15.8 Å². The fourth-order valence-corrected chi connectivity index (χ4v) is 2.09. The maximum Gasteiger partial charge on any atom is 0.291 e. The number of phenolic OH excluding ortho intramolecular Hbond substituents is 1. The summed E-state index contributed by atoms with van der Waals surface area (Å²) in [5.74, 6) is 0.691. The van der Waals surface area contributed by atoms with E-state index in [1.807, 2.05) is 6.92 Å². The molecule has 6 nitrogen and oxygen atoms in total. The predicted octanol–water partition coefficient (Wildman–Crippen LogP) is 3.87. The third-order valence-electron chi connectivity index (χ3n) is 2.65. The van der Waals surface area contributed by atoms with Gasteiger partial charge in [-0.05, 0) is 47.5 Å². The van der Waals surface area contributed by atoms with Gasteiger partial charge in [-0.1, -0.05) is 0 Å². The number of aromatic hydroxyl groups is 1. The van der Waals surface area contributed by atoms with Gasteiger partial charge in [-0.25, -0.2) is 4.98 Å². The lowest BCUT2D eigenvalue weighted by Gasteiger charge is -2.09. The van der Waals surface area contributed by atoms with E-state index >= 15 is 0 Å². The van der Waals surface area contributed by atoms with Gasteiger partial charge < -0.3 is 9.84 Å². The van der Waals surface area contributed by atoms with Gasteiger partial charge in [0.1, 0.15) is 17.7 Å². The molecule has 0 bridgehead atoms. The van der Waals surface area contributed by atoms with Crippen LogP contribution in [0.25, 0.3) is 0 Å². The molecule has 1 aromatic heterocycles. The van der Waals surface area contributed by atoms with Crippen molar-refractivity contribution in [2.75, 3.05) is 0 Å².